The van der Waals surface area contributed by atoms with Crippen LogP contribution in [0.4, 0.5) is 0 Å². The van der Waals surface area contributed by atoms with Gasteiger partial charge in [-0.1, -0.05) is 6.07 Å². The lowest BCUT2D eigenvalue weighted by Crippen LogP contribution is -2.54. The number of hydrogen-bond acceptors (Lipinski definition) is 3. The fraction of sp³-hybridized carbons (Fsp3) is 0.765. The summed E-state index contributed by atoms with van der Waals surface area (Å²) in [6.45, 7) is 13.7. The first-order chi connectivity index (χ1) is 9.37. The first-order valence-corrected chi connectivity index (χ1v) is 8.78. The van der Waals surface area contributed by atoms with E-state index in [-0.39, 0.29) is 5.54 Å². The van der Waals surface area contributed by atoms with Gasteiger partial charge in [0, 0.05) is 29.0 Å². The molecule has 1 heterocycles. The molecule has 1 aliphatic rings. The predicted molar refractivity (Wildman–Crippen MR) is 89.3 cm³/mol. The van der Waals surface area contributed by atoms with Gasteiger partial charge in [0.15, 0.2) is 0 Å². The highest BCUT2D eigenvalue weighted by atomic mass is 32.1. The van der Waals surface area contributed by atoms with Gasteiger partial charge in [-0.15, -0.1) is 11.3 Å². The summed E-state index contributed by atoms with van der Waals surface area (Å²) in [5, 5.41) is 5.87. The molecule has 1 fully saturated rings. The van der Waals surface area contributed by atoms with Gasteiger partial charge in [-0.05, 0) is 71.4 Å². The van der Waals surface area contributed by atoms with Gasteiger partial charge in [0.05, 0.1) is 0 Å². The van der Waals surface area contributed by atoms with Crippen molar-refractivity contribution in [3.05, 3.63) is 22.4 Å². The first-order valence-electron chi connectivity index (χ1n) is 7.90. The molecule has 1 saturated carbocycles. The highest BCUT2D eigenvalue weighted by molar-refractivity contribution is 7.09. The second-order valence-electron chi connectivity index (χ2n) is 7.38. The van der Waals surface area contributed by atoms with Crippen molar-refractivity contribution in [2.75, 3.05) is 6.54 Å². The van der Waals surface area contributed by atoms with Gasteiger partial charge in [0.1, 0.15) is 0 Å². The van der Waals surface area contributed by atoms with Gasteiger partial charge in [-0.25, -0.2) is 0 Å². The molecule has 0 spiro atoms. The van der Waals surface area contributed by atoms with E-state index in [4.69, 9.17) is 0 Å². The Morgan fingerprint density at radius 2 is 2.10 bits per heavy atom. The topological polar surface area (TPSA) is 15.3 Å². The van der Waals surface area contributed by atoms with Gasteiger partial charge >= 0.3 is 0 Å². The molecule has 0 radical (unpaired) electrons. The largest absolute Gasteiger partial charge is 0.312 e. The zero-order valence-corrected chi connectivity index (χ0v) is 14.5. The Hall–Kier alpha value is -0.380. The van der Waals surface area contributed by atoms with Crippen molar-refractivity contribution in [3.8, 4) is 0 Å². The fourth-order valence-corrected chi connectivity index (χ4v) is 3.64. The molecule has 1 aromatic rings. The molecule has 0 aromatic carbocycles. The van der Waals surface area contributed by atoms with Gasteiger partial charge in [0.25, 0.3) is 0 Å². The number of nitrogens with one attached hydrogen (secondary N) is 1. The lowest BCUT2D eigenvalue weighted by molar-refractivity contribution is 0.0293. The zero-order chi connectivity index (χ0) is 14.8. The van der Waals surface area contributed by atoms with E-state index in [2.05, 4.69) is 62.3 Å². The van der Waals surface area contributed by atoms with Crippen LogP contribution in [0.2, 0.25) is 0 Å². The maximum Gasteiger partial charge on any atom is 0.0333 e. The Morgan fingerprint density at radius 1 is 1.35 bits per heavy atom. The molecule has 0 amide bonds. The van der Waals surface area contributed by atoms with E-state index in [9.17, 15) is 0 Å². The molecule has 20 heavy (non-hydrogen) atoms. The van der Waals surface area contributed by atoms with E-state index in [1.54, 1.807) is 0 Å². The minimum Gasteiger partial charge on any atom is -0.312 e. The molecule has 2 nitrogen and oxygen atoms in total. The summed E-state index contributed by atoms with van der Waals surface area (Å²) < 4.78 is 0. The van der Waals surface area contributed by atoms with Crippen LogP contribution in [0.25, 0.3) is 0 Å². The summed E-state index contributed by atoms with van der Waals surface area (Å²) in [5.41, 5.74) is 0.233. The van der Waals surface area contributed by atoms with Crippen molar-refractivity contribution in [3.63, 3.8) is 0 Å². The van der Waals surface area contributed by atoms with Crippen LogP contribution < -0.4 is 5.32 Å². The summed E-state index contributed by atoms with van der Waals surface area (Å²) in [6, 6.07) is 5.81. The second-order valence-corrected chi connectivity index (χ2v) is 8.41. The van der Waals surface area contributed by atoms with Gasteiger partial charge in [-0.3, -0.25) is 4.90 Å². The highest BCUT2D eigenvalue weighted by Gasteiger charge is 2.36. The minimum atomic E-state index is 0.233. The summed E-state index contributed by atoms with van der Waals surface area (Å²) in [4.78, 5) is 4.19. The third-order valence-electron chi connectivity index (χ3n) is 4.28. The maximum atomic E-state index is 3.68. The van der Waals surface area contributed by atoms with Crippen LogP contribution in [0, 0.1) is 5.92 Å². The molecule has 0 aliphatic heterocycles. The molecule has 2 unspecified atom stereocenters. The molecule has 2 rings (SSSR count). The summed E-state index contributed by atoms with van der Waals surface area (Å²) in [7, 11) is 0. The van der Waals surface area contributed by atoms with Crippen LogP contribution in [-0.2, 0) is 6.54 Å². The normalized spacial score (nSPS) is 23.4. The van der Waals surface area contributed by atoms with E-state index < -0.39 is 0 Å². The van der Waals surface area contributed by atoms with Crippen LogP contribution in [0.3, 0.4) is 0 Å². The first kappa shape index (κ1) is 16.0. The van der Waals surface area contributed by atoms with Crippen molar-refractivity contribution in [2.24, 2.45) is 5.92 Å². The van der Waals surface area contributed by atoms with Crippen molar-refractivity contribution >= 4 is 11.3 Å². The Kier molecular flexibility index (Phi) is 5.27. The number of hydrogen-bond donors (Lipinski definition) is 1. The van der Waals surface area contributed by atoms with E-state index >= 15 is 0 Å². The van der Waals surface area contributed by atoms with Gasteiger partial charge in [0.2, 0.25) is 0 Å². The highest BCUT2D eigenvalue weighted by Crippen LogP contribution is 2.34. The van der Waals surface area contributed by atoms with E-state index in [1.807, 2.05) is 11.3 Å². The van der Waals surface area contributed by atoms with Crippen molar-refractivity contribution in [1.82, 2.24) is 10.2 Å². The van der Waals surface area contributed by atoms with Crippen molar-refractivity contribution in [2.45, 2.75) is 71.6 Å². The number of thiophene rings is 1. The summed E-state index contributed by atoms with van der Waals surface area (Å²) in [5.74, 6) is 0.816. The van der Waals surface area contributed by atoms with Crippen molar-refractivity contribution < 1.29 is 0 Å². The average molecular weight is 295 g/mol. The summed E-state index contributed by atoms with van der Waals surface area (Å²) >= 11 is 1.88. The third-order valence-corrected chi connectivity index (χ3v) is 5.14. The van der Waals surface area contributed by atoms with Crippen LogP contribution in [0.1, 0.15) is 52.3 Å². The zero-order valence-electron chi connectivity index (χ0n) is 13.6. The van der Waals surface area contributed by atoms with Crippen molar-refractivity contribution in [1.29, 1.82) is 0 Å². The van der Waals surface area contributed by atoms with Gasteiger partial charge < -0.3 is 5.32 Å². The lowest BCUT2D eigenvalue weighted by atomic mass is 9.77. The Morgan fingerprint density at radius 3 is 2.55 bits per heavy atom. The standard InChI is InChI=1S/C17H30N2S/c1-13(2)19(12-15-7-6-10-20-15)16-9-8-14(16)11-18-17(3,4)5/h6-7,10,13-14,16,18H,8-9,11-12H2,1-5H3. The number of rotatable bonds is 6. The van der Waals surface area contributed by atoms with Crippen LogP contribution in [0.5, 0.6) is 0 Å². The number of nitrogens with zero attached hydrogens (tertiary/aromatic N) is 1. The van der Waals surface area contributed by atoms with E-state index in [0.29, 0.717) is 6.04 Å². The Balaban J connectivity index is 1.92. The smallest absolute Gasteiger partial charge is 0.0333 e. The fourth-order valence-electron chi connectivity index (χ4n) is 2.93. The van der Waals surface area contributed by atoms with Gasteiger partial charge in [-0.2, -0.15) is 0 Å². The summed E-state index contributed by atoms with van der Waals surface area (Å²) in [6.07, 6.45) is 2.74. The predicted octanol–water partition coefficient (Wildman–Crippen LogP) is 4.13. The van der Waals surface area contributed by atoms with E-state index in [0.717, 1.165) is 25.0 Å². The molecule has 1 N–H and O–H groups in total. The monoisotopic (exact) mass is 294 g/mol. The molecule has 0 bridgehead atoms. The molecule has 3 heteroatoms. The van der Waals surface area contributed by atoms with E-state index in [1.165, 1.54) is 17.7 Å². The average Bonchev–Trinajstić information content (AvgIpc) is 2.77. The molecule has 114 valence electrons. The SMILES string of the molecule is CC(C)N(Cc1cccs1)C1CCC1CNC(C)(C)C. The molecular formula is C17H30N2S. The van der Waals surface area contributed by atoms with Crippen LogP contribution in [-0.4, -0.2) is 29.1 Å². The molecular weight excluding hydrogens is 264 g/mol. The minimum absolute atomic E-state index is 0.233. The Bertz CT molecular complexity index is 392. The Labute approximate surface area is 128 Å². The molecule has 2 atom stereocenters. The quantitative estimate of drug-likeness (QED) is 0.849. The lowest BCUT2D eigenvalue weighted by Gasteiger charge is -2.47. The van der Waals surface area contributed by atoms with Crippen LogP contribution in [0.15, 0.2) is 17.5 Å². The molecule has 1 aromatic heterocycles. The molecule has 0 saturated heterocycles. The van der Waals surface area contributed by atoms with Crippen LogP contribution >= 0.6 is 11.3 Å². The molecule has 1 aliphatic carbocycles. The second kappa shape index (κ2) is 6.59. The third kappa shape index (κ3) is 4.31. The maximum absolute atomic E-state index is 3.68.